The van der Waals surface area contributed by atoms with E-state index in [9.17, 15) is 0 Å². The van der Waals surface area contributed by atoms with E-state index in [2.05, 4.69) is 25.8 Å². The van der Waals surface area contributed by atoms with E-state index in [1.165, 1.54) is 0 Å². The summed E-state index contributed by atoms with van der Waals surface area (Å²) < 4.78 is 5.43. The summed E-state index contributed by atoms with van der Waals surface area (Å²) in [7, 11) is 0. The van der Waals surface area contributed by atoms with E-state index in [4.69, 9.17) is 10.5 Å². The Bertz CT molecular complexity index is 286. The molecule has 1 unspecified atom stereocenters. The second-order valence-corrected chi connectivity index (χ2v) is 4.93. The smallest absolute Gasteiger partial charge is 0.119 e. The highest BCUT2D eigenvalue weighted by atomic mass is 32.1. The fourth-order valence-corrected chi connectivity index (χ4v) is 1.97. The Kier molecular flexibility index (Phi) is 5.22. The molecular formula is C11H20N2OS. The Morgan fingerprint density at radius 1 is 1.53 bits per heavy atom. The molecule has 1 aromatic rings. The lowest BCUT2D eigenvalue weighted by Gasteiger charge is -2.12. The molecule has 0 aliphatic carbocycles. The lowest BCUT2D eigenvalue weighted by molar-refractivity contribution is 0.121. The highest BCUT2D eigenvalue weighted by Gasteiger charge is 2.13. The van der Waals surface area contributed by atoms with Crippen molar-refractivity contribution >= 4 is 11.3 Å². The van der Waals surface area contributed by atoms with Crippen LogP contribution < -0.4 is 5.73 Å². The molecule has 1 heterocycles. The van der Waals surface area contributed by atoms with Gasteiger partial charge in [-0.15, -0.1) is 11.3 Å². The van der Waals surface area contributed by atoms with Crippen LogP contribution >= 0.6 is 11.3 Å². The van der Waals surface area contributed by atoms with Crippen LogP contribution in [0.3, 0.4) is 0 Å². The average Bonchev–Trinajstić information content (AvgIpc) is 2.65. The minimum absolute atomic E-state index is 0.0428. The number of aromatic nitrogens is 1. The molecular weight excluding hydrogens is 208 g/mol. The second-order valence-electron chi connectivity index (χ2n) is 3.99. The number of hydrogen-bond donors (Lipinski definition) is 1. The third kappa shape index (κ3) is 3.89. The molecule has 1 aromatic heterocycles. The predicted octanol–water partition coefficient (Wildman–Crippen LogP) is 2.73. The third-order valence-corrected chi connectivity index (χ3v) is 3.04. The number of rotatable bonds is 6. The molecule has 15 heavy (non-hydrogen) atoms. The van der Waals surface area contributed by atoms with Crippen LogP contribution in [0.4, 0.5) is 0 Å². The molecule has 1 atom stereocenters. The van der Waals surface area contributed by atoms with E-state index < -0.39 is 0 Å². The molecule has 0 amide bonds. The van der Waals surface area contributed by atoms with E-state index >= 15 is 0 Å². The molecule has 0 bridgehead atoms. The van der Waals surface area contributed by atoms with Crippen molar-refractivity contribution in [1.29, 1.82) is 0 Å². The van der Waals surface area contributed by atoms with Crippen molar-refractivity contribution in [2.45, 2.75) is 39.8 Å². The van der Waals surface area contributed by atoms with Gasteiger partial charge in [0.15, 0.2) is 0 Å². The molecule has 86 valence electrons. The van der Waals surface area contributed by atoms with Crippen LogP contribution in [0, 0.1) is 5.92 Å². The third-order valence-electron chi connectivity index (χ3n) is 2.20. The standard InChI is InChI=1S/C11H20N2OS/c1-4-5-14-6-10-13-9(7-15-10)11(12)8(2)3/h7-8,11H,4-6,12H2,1-3H3. The summed E-state index contributed by atoms with van der Waals surface area (Å²) in [5.41, 5.74) is 7.00. The molecule has 0 saturated heterocycles. The van der Waals surface area contributed by atoms with Crippen LogP contribution in [-0.4, -0.2) is 11.6 Å². The first kappa shape index (κ1) is 12.6. The van der Waals surface area contributed by atoms with E-state index in [0.29, 0.717) is 12.5 Å². The van der Waals surface area contributed by atoms with Crippen molar-refractivity contribution in [1.82, 2.24) is 4.98 Å². The maximum atomic E-state index is 6.01. The molecule has 0 aliphatic rings. The number of nitrogens with two attached hydrogens (primary N) is 1. The molecule has 3 nitrogen and oxygen atoms in total. The molecule has 0 radical (unpaired) electrons. The van der Waals surface area contributed by atoms with Crippen molar-refractivity contribution in [3.05, 3.63) is 16.1 Å². The van der Waals surface area contributed by atoms with Gasteiger partial charge in [-0.3, -0.25) is 0 Å². The van der Waals surface area contributed by atoms with Crippen molar-refractivity contribution in [3.8, 4) is 0 Å². The van der Waals surface area contributed by atoms with Gasteiger partial charge >= 0.3 is 0 Å². The van der Waals surface area contributed by atoms with Gasteiger partial charge in [0, 0.05) is 12.0 Å². The normalized spacial score (nSPS) is 13.4. The SMILES string of the molecule is CCCOCc1nc(C(N)C(C)C)cs1. The number of ether oxygens (including phenoxy) is 1. The fourth-order valence-electron chi connectivity index (χ4n) is 1.19. The molecule has 2 N–H and O–H groups in total. The van der Waals surface area contributed by atoms with Crippen molar-refractivity contribution in [3.63, 3.8) is 0 Å². The zero-order valence-electron chi connectivity index (χ0n) is 9.69. The predicted molar refractivity (Wildman–Crippen MR) is 63.8 cm³/mol. The summed E-state index contributed by atoms with van der Waals surface area (Å²) in [5.74, 6) is 0.427. The van der Waals surface area contributed by atoms with Crippen LogP contribution in [0.15, 0.2) is 5.38 Å². The van der Waals surface area contributed by atoms with Gasteiger partial charge in [-0.1, -0.05) is 20.8 Å². The van der Waals surface area contributed by atoms with E-state index in [1.807, 2.05) is 5.38 Å². The van der Waals surface area contributed by atoms with Crippen LogP contribution in [0.25, 0.3) is 0 Å². The largest absolute Gasteiger partial charge is 0.374 e. The number of hydrogen-bond acceptors (Lipinski definition) is 4. The second kappa shape index (κ2) is 6.20. The van der Waals surface area contributed by atoms with Gasteiger partial charge in [0.25, 0.3) is 0 Å². The molecule has 0 aromatic carbocycles. The zero-order chi connectivity index (χ0) is 11.3. The van der Waals surface area contributed by atoms with E-state index in [1.54, 1.807) is 11.3 Å². The highest BCUT2D eigenvalue weighted by molar-refractivity contribution is 7.09. The van der Waals surface area contributed by atoms with Crippen molar-refractivity contribution in [2.75, 3.05) is 6.61 Å². The van der Waals surface area contributed by atoms with Gasteiger partial charge in [-0.25, -0.2) is 4.98 Å². The minimum Gasteiger partial charge on any atom is -0.374 e. The fraction of sp³-hybridized carbons (Fsp3) is 0.727. The van der Waals surface area contributed by atoms with Crippen molar-refractivity contribution in [2.24, 2.45) is 11.7 Å². The first-order valence-electron chi connectivity index (χ1n) is 5.42. The van der Waals surface area contributed by atoms with Gasteiger partial charge in [-0.2, -0.15) is 0 Å². The topological polar surface area (TPSA) is 48.1 Å². The maximum Gasteiger partial charge on any atom is 0.119 e. The van der Waals surface area contributed by atoms with Gasteiger partial charge in [0.05, 0.1) is 18.3 Å². The molecule has 1 rings (SSSR count). The number of thiazole rings is 1. The summed E-state index contributed by atoms with van der Waals surface area (Å²) in [5, 5.41) is 3.06. The summed E-state index contributed by atoms with van der Waals surface area (Å²) in [6.45, 7) is 7.73. The molecule has 4 heteroatoms. The van der Waals surface area contributed by atoms with Gasteiger partial charge in [-0.05, 0) is 12.3 Å². The van der Waals surface area contributed by atoms with Crippen molar-refractivity contribution < 1.29 is 4.74 Å². The zero-order valence-corrected chi connectivity index (χ0v) is 10.5. The monoisotopic (exact) mass is 228 g/mol. The maximum absolute atomic E-state index is 6.01. The lowest BCUT2D eigenvalue weighted by atomic mass is 10.0. The molecule has 0 aliphatic heterocycles. The summed E-state index contributed by atoms with van der Waals surface area (Å²) in [4.78, 5) is 4.47. The Labute approximate surface area is 95.7 Å². The summed E-state index contributed by atoms with van der Waals surface area (Å²) in [6, 6.07) is 0.0428. The van der Waals surface area contributed by atoms with Gasteiger partial charge in [0.1, 0.15) is 5.01 Å². The van der Waals surface area contributed by atoms with E-state index in [0.717, 1.165) is 23.7 Å². The van der Waals surface area contributed by atoms with Crippen LogP contribution in [-0.2, 0) is 11.3 Å². The Morgan fingerprint density at radius 3 is 2.87 bits per heavy atom. The van der Waals surface area contributed by atoms with Crippen LogP contribution in [0.5, 0.6) is 0 Å². The van der Waals surface area contributed by atoms with Gasteiger partial charge in [0.2, 0.25) is 0 Å². The Hall–Kier alpha value is -0.450. The summed E-state index contributed by atoms with van der Waals surface area (Å²) >= 11 is 1.63. The molecule has 0 fully saturated rings. The molecule has 0 saturated carbocycles. The van der Waals surface area contributed by atoms with Crippen LogP contribution in [0.2, 0.25) is 0 Å². The van der Waals surface area contributed by atoms with Crippen LogP contribution in [0.1, 0.15) is 43.9 Å². The Balaban J connectivity index is 2.48. The lowest BCUT2D eigenvalue weighted by Crippen LogP contribution is -2.17. The number of nitrogens with zero attached hydrogens (tertiary/aromatic N) is 1. The average molecular weight is 228 g/mol. The first-order valence-corrected chi connectivity index (χ1v) is 6.30. The summed E-state index contributed by atoms with van der Waals surface area (Å²) in [6.07, 6.45) is 1.05. The van der Waals surface area contributed by atoms with E-state index in [-0.39, 0.29) is 6.04 Å². The quantitative estimate of drug-likeness (QED) is 0.762. The Morgan fingerprint density at radius 2 is 2.27 bits per heavy atom. The minimum atomic E-state index is 0.0428. The van der Waals surface area contributed by atoms with Gasteiger partial charge < -0.3 is 10.5 Å². The highest BCUT2D eigenvalue weighted by Crippen LogP contribution is 2.21. The molecule has 0 spiro atoms. The first-order chi connectivity index (χ1) is 7.15.